The third kappa shape index (κ3) is 6.97. The van der Waals surface area contributed by atoms with Crippen molar-refractivity contribution in [3.8, 4) is 22.5 Å². The van der Waals surface area contributed by atoms with E-state index < -0.39 is 15.7 Å². The molecule has 175 valence electrons. The first-order valence-corrected chi connectivity index (χ1v) is 16.9. The summed E-state index contributed by atoms with van der Waals surface area (Å²) in [6.45, 7) is 0. The number of nitrogens with zero attached hydrogens (tertiary/aromatic N) is 2. The van der Waals surface area contributed by atoms with Gasteiger partial charge in [0.2, 0.25) is 0 Å². The van der Waals surface area contributed by atoms with Crippen LogP contribution in [0.2, 0.25) is 0 Å². The molecule has 6 aromatic rings. The zero-order valence-electron chi connectivity index (χ0n) is 18.7. The van der Waals surface area contributed by atoms with Crippen LogP contribution in [0.25, 0.3) is 44.3 Å². The van der Waals surface area contributed by atoms with Gasteiger partial charge in [0.15, 0.2) is 0 Å². The van der Waals surface area contributed by atoms with E-state index in [0.717, 1.165) is 33.5 Å². The standard InChI is InChI=1S/2C15H11N.2ClH.Ir/c2*1-2-6-12(7-3-1)15-11-10-13-8-4-5-9-14(13)16-15;;;/h2*1-11H;2*1H;/q;;;;+2/p-2. The maximum Gasteiger partial charge on any atom is 0.0709 e. The molecular formula is C30H22Cl2IrN2. The Labute approximate surface area is 221 Å². The van der Waals surface area contributed by atoms with Crippen LogP contribution in [0.4, 0.5) is 0 Å². The van der Waals surface area contributed by atoms with Gasteiger partial charge in [0, 0.05) is 21.9 Å². The van der Waals surface area contributed by atoms with E-state index in [2.05, 4.69) is 70.6 Å². The Balaban J connectivity index is 0.000000149. The summed E-state index contributed by atoms with van der Waals surface area (Å²) in [7, 11) is 9.78. The molecule has 0 saturated heterocycles. The number of fused-ring (bicyclic) bond motifs is 2. The summed E-state index contributed by atoms with van der Waals surface area (Å²) >= 11 is -0.556. The summed E-state index contributed by atoms with van der Waals surface area (Å²) < 4.78 is 0. The SMILES string of the molecule is [Cl][Ir][Cl].c1ccc(-c2ccc3ccccc3n2)cc1.c1ccc(-c2ccc3ccccc3n2)cc1. The Bertz CT molecular complexity index is 1380. The third-order valence-corrected chi connectivity index (χ3v) is 5.34. The van der Waals surface area contributed by atoms with Gasteiger partial charge in [0.25, 0.3) is 0 Å². The molecule has 2 nitrogen and oxygen atoms in total. The molecule has 2 aromatic heterocycles. The molecule has 0 aliphatic rings. The average molecular weight is 674 g/mol. The minimum atomic E-state index is -0.556. The van der Waals surface area contributed by atoms with Crippen LogP contribution < -0.4 is 0 Å². The van der Waals surface area contributed by atoms with Crippen LogP contribution in [0, 0.1) is 0 Å². The monoisotopic (exact) mass is 673 g/mol. The van der Waals surface area contributed by atoms with Crippen molar-refractivity contribution in [2.75, 3.05) is 0 Å². The first-order chi connectivity index (χ1) is 17.3. The van der Waals surface area contributed by atoms with Crippen molar-refractivity contribution < 1.29 is 15.7 Å². The van der Waals surface area contributed by atoms with E-state index in [1.54, 1.807) is 0 Å². The van der Waals surface area contributed by atoms with Crippen molar-refractivity contribution in [1.29, 1.82) is 0 Å². The summed E-state index contributed by atoms with van der Waals surface area (Å²) in [6.07, 6.45) is 0. The molecule has 35 heavy (non-hydrogen) atoms. The summed E-state index contributed by atoms with van der Waals surface area (Å²) in [5, 5.41) is 2.37. The molecule has 0 atom stereocenters. The number of pyridine rings is 2. The van der Waals surface area contributed by atoms with Crippen molar-refractivity contribution in [2.24, 2.45) is 0 Å². The van der Waals surface area contributed by atoms with Gasteiger partial charge in [0.1, 0.15) is 0 Å². The average Bonchev–Trinajstić information content (AvgIpc) is 2.94. The van der Waals surface area contributed by atoms with Crippen molar-refractivity contribution in [1.82, 2.24) is 9.97 Å². The first-order valence-electron chi connectivity index (χ1n) is 10.9. The fourth-order valence-electron chi connectivity index (χ4n) is 3.67. The second-order valence-corrected chi connectivity index (χ2v) is 11.0. The van der Waals surface area contributed by atoms with E-state index in [1.807, 2.05) is 72.8 Å². The predicted octanol–water partition coefficient (Wildman–Crippen LogP) is 9.18. The molecule has 0 bridgehead atoms. The number of hydrogen-bond acceptors (Lipinski definition) is 2. The molecular weight excluding hydrogens is 651 g/mol. The van der Waals surface area contributed by atoms with Gasteiger partial charge in [-0.1, -0.05) is 109 Å². The zero-order chi connectivity index (χ0) is 24.3. The second kappa shape index (κ2) is 13.1. The molecule has 0 saturated carbocycles. The number of para-hydroxylation sites is 2. The fourth-order valence-corrected chi connectivity index (χ4v) is 3.67. The summed E-state index contributed by atoms with van der Waals surface area (Å²) in [5.74, 6) is 0. The van der Waals surface area contributed by atoms with Crippen LogP contribution in [-0.4, -0.2) is 9.97 Å². The molecule has 0 fully saturated rings. The number of aromatic nitrogens is 2. The largest absolute Gasteiger partial charge is 0.248 e. The molecule has 6 rings (SSSR count). The smallest absolute Gasteiger partial charge is 0.0709 e. The second-order valence-electron chi connectivity index (χ2n) is 7.56. The van der Waals surface area contributed by atoms with Gasteiger partial charge < -0.3 is 0 Å². The Morgan fingerprint density at radius 1 is 0.400 bits per heavy atom. The third-order valence-electron chi connectivity index (χ3n) is 5.34. The van der Waals surface area contributed by atoms with Crippen LogP contribution in [0.15, 0.2) is 133 Å². The molecule has 0 unspecified atom stereocenters. The maximum absolute atomic E-state index is 4.89. The van der Waals surface area contributed by atoms with Crippen molar-refractivity contribution in [3.05, 3.63) is 133 Å². The number of benzene rings is 4. The Kier molecular flexibility index (Phi) is 9.39. The van der Waals surface area contributed by atoms with E-state index in [4.69, 9.17) is 19.2 Å². The number of halogens is 2. The van der Waals surface area contributed by atoms with E-state index in [0.29, 0.717) is 0 Å². The molecule has 0 aliphatic heterocycles. The number of hydrogen-bond donors (Lipinski definition) is 0. The van der Waals surface area contributed by atoms with Gasteiger partial charge in [-0.05, 0) is 24.3 Å². The summed E-state index contributed by atoms with van der Waals surface area (Å²) in [6, 6.07) is 45.2. The van der Waals surface area contributed by atoms with E-state index in [-0.39, 0.29) is 0 Å². The van der Waals surface area contributed by atoms with Crippen molar-refractivity contribution in [3.63, 3.8) is 0 Å². The zero-order valence-corrected chi connectivity index (χ0v) is 22.6. The molecule has 0 N–H and O–H groups in total. The van der Waals surface area contributed by atoms with Gasteiger partial charge in [0.05, 0.1) is 22.4 Å². The van der Waals surface area contributed by atoms with Gasteiger partial charge in [-0.25, -0.2) is 9.97 Å². The van der Waals surface area contributed by atoms with Crippen LogP contribution in [0.1, 0.15) is 0 Å². The van der Waals surface area contributed by atoms with Gasteiger partial charge in [-0.15, -0.1) is 0 Å². The quantitative estimate of drug-likeness (QED) is 0.183. The van der Waals surface area contributed by atoms with Gasteiger partial charge in [-0.3, -0.25) is 0 Å². The minimum absolute atomic E-state index is 0.556. The molecule has 0 spiro atoms. The Morgan fingerprint density at radius 2 is 0.743 bits per heavy atom. The van der Waals surface area contributed by atoms with Crippen LogP contribution >= 0.6 is 19.2 Å². The van der Waals surface area contributed by atoms with Gasteiger partial charge >= 0.3 is 34.8 Å². The molecule has 2 heterocycles. The Hall–Kier alpha value is -3.07. The molecule has 0 aliphatic carbocycles. The number of rotatable bonds is 2. The van der Waals surface area contributed by atoms with E-state index in [1.165, 1.54) is 10.8 Å². The van der Waals surface area contributed by atoms with Crippen molar-refractivity contribution >= 4 is 41.0 Å². The molecule has 4 aromatic carbocycles. The fraction of sp³-hybridized carbons (Fsp3) is 0. The molecule has 5 heteroatoms. The normalized spacial score (nSPS) is 10.2. The topological polar surface area (TPSA) is 25.8 Å². The predicted molar refractivity (Wildman–Crippen MR) is 146 cm³/mol. The molecule has 0 amide bonds. The van der Waals surface area contributed by atoms with Crippen molar-refractivity contribution in [2.45, 2.75) is 0 Å². The van der Waals surface area contributed by atoms with Crippen LogP contribution in [0.3, 0.4) is 0 Å². The molecule has 0 radical (unpaired) electrons. The van der Waals surface area contributed by atoms with Gasteiger partial charge in [-0.2, -0.15) is 0 Å². The maximum atomic E-state index is 4.89. The summed E-state index contributed by atoms with van der Waals surface area (Å²) in [5.41, 5.74) is 6.47. The first kappa shape index (κ1) is 25.0. The van der Waals surface area contributed by atoms with E-state index in [9.17, 15) is 0 Å². The van der Waals surface area contributed by atoms with E-state index >= 15 is 0 Å². The van der Waals surface area contributed by atoms with Crippen LogP contribution in [0.5, 0.6) is 0 Å². The van der Waals surface area contributed by atoms with Crippen LogP contribution in [-0.2, 0) is 15.7 Å². The minimum Gasteiger partial charge on any atom is -0.248 e. The Morgan fingerprint density at radius 3 is 1.14 bits per heavy atom. The summed E-state index contributed by atoms with van der Waals surface area (Å²) in [4.78, 5) is 9.29.